The molecule has 0 N–H and O–H groups in total. The van der Waals surface area contributed by atoms with E-state index in [1.807, 2.05) is 0 Å². The first-order valence-corrected chi connectivity index (χ1v) is 29.7. The molecule has 0 amide bonds. The maximum atomic E-state index is 12.8. The fraction of sp³-hybridized carbons (Fsp3) is 0.708. The monoisotopic (exact) mass is 987 g/mol. The lowest BCUT2D eigenvalue weighted by atomic mass is 10.1. The highest BCUT2D eigenvalue weighted by Gasteiger charge is 2.19. The Morgan fingerprint density at radius 1 is 0.296 bits per heavy atom. The van der Waals surface area contributed by atoms with Crippen LogP contribution in [0.3, 0.4) is 0 Å². The zero-order chi connectivity index (χ0) is 51.4. The lowest BCUT2D eigenvalue weighted by Crippen LogP contribution is -2.30. The minimum atomic E-state index is -0.812. The van der Waals surface area contributed by atoms with Crippen molar-refractivity contribution in [3.63, 3.8) is 0 Å². The second-order valence-corrected chi connectivity index (χ2v) is 19.5. The molecule has 1 atom stereocenters. The van der Waals surface area contributed by atoms with Crippen LogP contribution in [0.4, 0.5) is 0 Å². The fourth-order valence-corrected chi connectivity index (χ4v) is 8.09. The average molecular weight is 988 g/mol. The Hall–Kier alpha value is -3.67. The van der Waals surface area contributed by atoms with E-state index < -0.39 is 6.10 Å². The van der Waals surface area contributed by atoms with Crippen LogP contribution in [0.5, 0.6) is 0 Å². The Balaban J connectivity index is 4.47. The van der Waals surface area contributed by atoms with Crippen LogP contribution in [0, 0.1) is 0 Å². The third-order valence-corrected chi connectivity index (χ3v) is 12.5. The van der Waals surface area contributed by atoms with Crippen LogP contribution < -0.4 is 0 Å². The lowest BCUT2D eigenvalue weighted by Gasteiger charge is -2.18. The molecule has 0 aromatic rings. The number of hydrogen-bond donors (Lipinski definition) is 0. The number of esters is 3. The predicted octanol–water partition coefficient (Wildman–Crippen LogP) is 20.1. The van der Waals surface area contributed by atoms with Crippen LogP contribution >= 0.6 is 0 Å². The predicted molar refractivity (Wildman–Crippen MR) is 307 cm³/mol. The van der Waals surface area contributed by atoms with Gasteiger partial charge in [-0.2, -0.15) is 0 Å². The summed E-state index contributed by atoms with van der Waals surface area (Å²) >= 11 is 0. The Bertz CT molecular complexity index is 1410. The van der Waals surface area contributed by atoms with Gasteiger partial charge in [0.1, 0.15) is 13.2 Å². The van der Waals surface area contributed by atoms with Crippen LogP contribution in [0.2, 0.25) is 0 Å². The van der Waals surface area contributed by atoms with Gasteiger partial charge in [0.15, 0.2) is 6.10 Å². The Kier molecular flexibility index (Phi) is 55.9. The number of hydrogen-bond acceptors (Lipinski definition) is 6. The van der Waals surface area contributed by atoms with E-state index in [2.05, 4.69) is 118 Å². The first-order valence-electron chi connectivity index (χ1n) is 29.7. The molecule has 71 heavy (non-hydrogen) atoms. The molecular weight excluding hydrogens is 877 g/mol. The molecule has 0 radical (unpaired) electrons. The Labute approximate surface area is 438 Å². The van der Waals surface area contributed by atoms with Gasteiger partial charge in [0.05, 0.1) is 0 Å². The molecule has 0 unspecified atom stereocenters. The van der Waals surface area contributed by atoms with Gasteiger partial charge in [-0.3, -0.25) is 14.4 Å². The molecule has 0 rings (SSSR count). The minimum Gasteiger partial charge on any atom is -0.462 e. The summed E-state index contributed by atoms with van der Waals surface area (Å²) in [4.78, 5) is 38.2. The van der Waals surface area contributed by atoms with Gasteiger partial charge in [0.25, 0.3) is 0 Å². The summed E-state index contributed by atoms with van der Waals surface area (Å²) in [6.07, 6.45) is 78.3. The second kappa shape index (κ2) is 58.9. The molecule has 0 bridgehead atoms. The summed E-state index contributed by atoms with van der Waals surface area (Å²) in [6.45, 7) is 6.46. The number of ether oxygens (including phenoxy) is 3. The second-order valence-electron chi connectivity index (χ2n) is 19.5. The third-order valence-electron chi connectivity index (χ3n) is 12.5. The highest BCUT2D eigenvalue weighted by atomic mass is 16.6. The molecular formula is C65H110O6. The van der Waals surface area contributed by atoms with E-state index in [-0.39, 0.29) is 37.5 Å². The van der Waals surface area contributed by atoms with Gasteiger partial charge in [-0.05, 0) is 116 Å². The van der Waals surface area contributed by atoms with E-state index in [0.29, 0.717) is 19.3 Å². The van der Waals surface area contributed by atoms with Crippen molar-refractivity contribution in [2.45, 2.75) is 284 Å². The van der Waals surface area contributed by atoms with Gasteiger partial charge in [-0.15, -0.1) is 0 Å². The molecule has 0 fully saturated rings. The van der Waals surface area contributed by atoms with Crippen LogP contribution in [-0.4, -0.2) is 37.2 Å². The zero-order valence-electron chi connectivity index (χ0n) is 46.5. The molecule has 0 aromatic carbocycles. The highest BCUT2D eigenvalue weighted by Crippen LogP contribution is 2.15. The molecule has 0 heterocycles. The summed E-state index contributed by atoms with van der Waals surface area (Å²) < 4.78 is 16.8. The van der Waals surface area contributed by atoms with Crippen molar-refractivity contribution in [3.8, 4) is 0 Å². The van der Waals surface area contributed by atoms with Gasteiger partial charge < -0.3 is 14.2 Å². The normalized spacial score (nSPS) is 12.8. The van der Waals surface area contributed by atoms with Crippen LogP contribution in [0.1, 0.15) is 278 Å². The van der Waals surface area contributed by atoms with E-state index in [0.717, 1.165) is 83.5 Å². The van der Waals surface area contributed by atoms with Crippen LogP contribution in [0.15, 0.2) is 97.2 Å². The highest BCUT2D eigenvalue weighted by molar-refractivity contribution is 5.71. The van der Waals surface area contributed by atoms with Gasteiger partial charge in [0, 0.05) is 19.3 Å². The summed E-state index contributed by atoms with van der Waals surface area (Å²) in [5.74, 6) is -0.965. The van der Waals surface area contributed by atoms with Crippen molar-refractivity contribution < 1.29 is 28.6 Å². The van der Waals surface area contributed by atoms with Crippen molar-refractivity contribution in [2.75, 3.05) is 13.2 Å². The van der Waals surface area contributed by atoms with E-state index in [4.69, 9.17) is 14.2 Å². The maximum absolute atomic E-state index is 12.8. The molecule has 6 heteroatoms. The number of rotatable bonds is 53. The van der Waals surface area contributed by atoms with Gasteiger partial charge in [0.2, 0.25) is 0 Å². The number of unbranched alkanes of at least 4 members (excludes halogenated alkanes) is 26. The zero-order valence-corrected chi connectivity index (χ0v) is 46.5. The van der Waals surface area contributed by atoms with Crippen molar-refractivity contribution in [1.82, 2.24) is 0 Å². The first-order chi connectivity index (χ1) is 35.0. The summed E-state index contributed by atoms with van der Waals surface area (Å²) in [7, 11) is 0. The van der Waals surface area contributed by atoms with E-state index in [1.54, 1.807) is 0 Å². The molecule has 0 aliphatic carbocycles. The first kappa shape index (κ1) is 67.3. The third kappa shape index (κ3) is 57.1. The van der Waals surface area contributed by atoms with Crippen molar-refractivity contribution in [1.29, 1.82) is 0 Å². The standard InChI is InChI=1S/C65H110O6/c1-4-7-10-13-16-19-22-25-28-31-32-35-37-40-43-46-49-52-55-58-64(67)70-61-62(71-65(68)59-56-53-50-47-44-41-38-34-30-27-24-21-18-15-12-9-6-3)60-69-63(66)57-54-51-48-45-42-39-36-33-29-26-23-20-17-14-11-8-5-2/h9,12,16,18-19,21,25-30,38,41,47,50,62H,4-8,10-11,13-15,17,20,22-24,31-37,39-40,42-46,48-49,51-61H2,1-3H3/b12-9-,19-16-,21-18-,28-25-,29-26-,30-27-,41-38-,50-47-/t62-/m0/s1. The molecule has 0 spiro atoms. The summed E-state index contributed by atoms with van der Waals surface area (Å²) in [5, 5.41) is 0. The van der Waals surface area contributed by atoms with Gasteiger partial charge >= 0.3 is 17.9 Å². The topological polar surface area (TPSA) is 78.9 Å². The van der Waals surface area contributed by atoms with Gasteiger partial charge in [-0.25, -0.2) is 0 Å². The van der Waals surface area contributed by atoms with Crippen LogP contribution in [-0.2, 0) is 28.6 Å². The van der Waals surface area contributed by atoms with Gasteiger partial charge in [-0.1, -0.05) is 240 Å². The van der Waals surface area contributed by atoms with Crippen LogP contribution in [0.25, 0.3) is 0 Å². The summed E-state index contributed by atoms with van der Waals surface area (Å²) in [6, 6.07) is 0. The molecule has 0 aliphatic heterocycles. The van der Waals surface area contributed by atoms with E-state index in [1.165, 1.54) is 148 Å². The fourth-order valence-electron chi connectivity index (χ4n) is 8.09. The Morgan fingerprint density at radius 3 is 0.944 bits per heavy atom. The Morgan fingerprint density at radius 2 is 0.563 bits per heavy atom. The number of carbonyl (C=O) groups is 3. The largest absolute Gasteiger partial charge is 0.462 e. The van der Waals surface area contributed by atoms with Crippen molar-refractivity contribution >= 4 is 17.9 Å². The summed E-state index contributed by atoms with van der Waals surface area (Å²) in [5.41, 5.74) is 0. The minimum absolute atomic E-state index is 0.104. The van der Waals surface area contributed by atoms with E-state index in [9.17, 15) is 14.4 Å². The SMILES string of the molecule is CC/C=C\C/C=C\C/C=C\C/C=C\C/C=C\CCCC(=O)O[C@@H](COC(=O)CCCCCCCCC/C=C\CCCCCCCC)COC(=O)CCCCCCCCCCC/C=C\C/C=C\CCCCC. The van der Waals surface area contributed by atoms with Crippen molar-refractivity contribution in [2.24, 2.45) is 0 Å². The van der Waals surface area contributed by atoms with E-state index >= 15 is 0 Å². The quantitative estimate of drug-likeness (QED) is 0.0261. The molecule has 0 saturated heterocycles. The molecule has 0 saturated carbocycles. The molecule has 0 aromatic heterocycles. The number of allylic oxidation sites excluding steroid dienone is 16. The lowest BCUT2D eigenvalue weighted by molar-refractivity contribution is -0.167. The number of carbonyl (C=O) groups excluding carboxylic acids is 3. The van der Waals surface area contributed by atoms with Crippen molar-refractivity contribution in [3.05, 3.63) is 97.2 Å². The maximum Gasteiger partial charge on any atom is 0.306 e. The average Bonchev–Trinajstić information content (AvgIpc) is 3.37. The molecule has 0 aliphatic rings. The smallest absolute Gasteiger partial charge is 0.306 e. The molecule has 6 nitrogen and oxygen atoms in total. The molecule has 406 valence electrons.